The Labute approximate surface area is 376 Å². The summed E-state index contributed by atoms with van der Waals surface area (Å²) in [5, 5.41) is 3.83. The van der Waals surface area contributed by atoms with E-state index < -0.39 is 0 Å². The molecule has 1 N–H and O–H groups in total. The van der Waals surface area contributed by atoms with E-state index in [0.29, 0.717) is 74.5 Å². The molecule has 61 heavy (non-hydrogen) atoms. The second kappa shape index (κ2) is 18.9. The normalized spacial score (nSPS) is 36.9. The van der Waals surface area contributed by atoms with Crippen LogP contribution in [0.2, 0.25) is 0 Å². The van der Waals surface area contributed by atoms with Crippen molar-refractivity contribution in [3.63, 3.8) is 0 Å². The molecule has 5 aliphatic carbocycles. The standard InChI is InChI=1S/C48H68N4O6S3/c1-48(2,61-59-5)28-60-27-31-15-29(25-57-44-21-38-36(19-42(44)55-3)46(53)51-34(23-49-38)17-32-10-6-8-12-40(32)51)14-30(16-31)26-58-45-22-39-37(20-43(45)56-4)47(54)52-35(24-50-39)18-33-11-7-9-13-41(33)52/h6-7,10-11,15,23,30-41,50H,8-9,12-14,16-22,24-28H2,1-5H3/t30-,31+,32?,33+,34+,35+,36+,37-,38-,39+,40-,41?/m1/s1. The quantitative estimate of drug-likeness (QED) is 0.135. The van der Waals surface area contributed by atoms with Crippen LogP contribution in [0.15, 0.2) is 64.0 Å². The molecule has 4 heterocycles. The second-order valence-electron chi connectivity index (χ2n) is 19.7. The number of hydrogen-bond donors (Lipinski definition) is 1. The molecule has 12 atom stereocenters. The molecule has 0 aromatic heterocycles. The van der Waals surface area contributed by atoms with Crippen LogP contribution in [0.3, 0.4) is 0 Å². The topological polar surface area (TPSA) is 102 Å². The number of thioether (sulfide) groups is 1. The van der Waals surface area contributed by atoms with E-state index in [9.17, 15) is 9.59 Å². The van der Waals surface area contributed by atoms with E-state index in [0.717, 1.165) is 92.5 Å². The predicted molar refractivity (Wildman–Crippen MR) is 248 cm³/mol. The van der Waals surface area contributed by atoms with Crippen molar-refractivity contribution in [1.82, 2.24) is 15.1 Å². The van der Waals surface area contributed by atoms with Gasteiger partial charge in [-0.3, -0.25) is 14.6 Å². The van der Waals surface area contributed by atoms with E-state index in [1.807, 2.05) is 33.3 Å². The van der Waals surface area contributed by atoms with E-state index in [1.54, 1.807) is 14.2 Å². The average Bonchev–Trinajstić information content (AvgIpc) is 3.75. The number of hydrogen-bond acceptors (Lipinski definition) is 11. The Morgan fingerprint density at radius 3 is 2.30 bits per heavy atom. The van der Waals surface area contributed by atoms with Gasteiger partial charge in [0.2, 0.25) is 11.8 Å². The molecule has 0 saturated carbocycles. The summed E-state index contributed by atoms with van der Waals surface area (Å²) >= 11 is 2.05. The lowest BCUT2D eigenvalue weighted by Crippen LogP contribution is -2.47. The lowest BCUT2D eigenvalue weighted by atomic mass is 9.83. The van der Waals surface area contributed by atoms with E-state index in [4.69, 9.17) is 23.9 Å². The van der Waals surface area contributed by atoms with Gasteiger partial charge in [-0.1, -0.05) is 52.0 Å². The maximum absolute atomic E-state index is 14.2. The Balaban J connectivity index is 0.866. The minimum atomic E-state index is -0.218. The molecule has 3 saturated heterocycles. The maximum Gasteiger partial charge on any atom is 0.229 e. The first kappa shape index (κ1) is 43.8. The van der Waals surface area contributed by atoms with Gasteiger partial charge in [-0.05, 0) is 106 Å². The third-order valence-corrected chi connectivity index (χ3v) is 19.5. The zero-order valence-electron chi connectivity index (χ0n) is 36.9. The molecule has 0 spiro atoms. The molecule has 9 rings (SSSR count). The van der Waals surface area contributed by atoms with Gasteiger partial charge in [-0.15, -0.1) is 0 Å². The fourth-order valence-electron chi connectivity index (χ4n) is 12.3. The highest BCUT2D eigenvalue weighted by Gasteiger charge is 2.51. The number of rotatable bonds is 14. The van der Waals surface area contributed by atoms with Crippen molar-refractivity contribution in [2.45, 2.75) is 132 Å². The zero-order valence-corrected chi connectivity index (χ0v) is 39.4. The summed E-state index contributed by atoms with van der Waals surface area (Å²) in [6.07, 6.45) is 26.5. The van der Waals surface area contributed by atoms with Gasteiger partial charge < -0.3 is 34.1 Å². The largest absolute Gasteiger partial charge is 0.498 e. The summed E-state index contributed by atoms with van der Waals surface area (Å²) in [5.74, 6) is 7.33. The minimum Gasteiger partial charge on any atom is -0.498 e. The number of methoxy groups -OCH3 is 2. The third-order valence-electron chi connectivity index (χ3n) is 15.1. The monoisotopic (exact) mass is 892 g/mol. The van der Waals surface area contributed by atoms with Gasteiger partial charge in [0.15, 0.2) is 0 Å². The number of nitrogens with one attached hydrogen (secondary N) is 1. The highest BCUT2D eigenvalue weighted by molar-refractivity contribution is 8.77. The number of carbonyl (C=O) groups is 2. The first-order valence-corrected chi connectivity index (χ1v) is 26.8. The third kappa shape index (κ3) is 9.24. The summed E-state index contributed by atoms with van der Waals surface area (Å²) in [6, 6.07) is 0.866. The number of aliphatic imine (C=N–C) groups is 1. The smallest absolute Gasteiger partial charge is 0.229 e. The van der Waals surface area contributed by atoms with Crippen molar-refractivity contribution in [3.05, 3.63) is 59.0 Å². The molecule has 3 fully saturated rings. The van der Waals surface area contributed by atoms with Gasteiger partial charge in [-0.2, -0.15) is 11.8 Å². The Hall–Kier alpha value is -2.48. The number of carbonyl (C=O) groups excluding carboxylic acids is 2. The lowest BCUT2D eigenvalue weighted by molar-refractivity contribution is -0.139. The average molecular weight is 893 g/mol. The van der Waals surface area contributed by atoms with Crippen molar-refractivity contribution >= 4 is 51.4 Å². The van der Waals surface area contributed by atoms with Crippen LogP contribution in [0.25, 0.3) is 0 Å². The molecule has 2 amide bonds. The molecule has 10 nitrogen and oxygen atoms in total. The van der Waals surface area contributed by atoms with Gasteiger partial charge in [0.25, 0.3) is 0 Å². The van der Waals surface area contributed by atoms with Crippen molar-refractivity contribution in [1.29, 1.82) is 0 Å². The summed E-state index contributed by atoms with van der Waals surface area (Å²) in [7, 11) is 7.24. The summed E-state index contributed by atoms with van der Waals surface area (Å²) < 4.78 is 25.8. The first-order valence-electron chi connectivity index (χ1n) is 23.1. The van der Waals surface area contributed by atoms with E-state index >= 15 is 0 Å². The molecule has 13 heteroatoms. The Morgan fingerprint density at radius 1 is 0.836 bits per heavy atom. The van der Waals surface area contributed by atoms with Crippen LogP contribution >= 0.6 is 33.3 Å². The minimum absolute atomic E-state index is 0.0519. The maximum atomic E-state index is 14.2. The first-order chi connectivity index (χ1) is 29.6. The van der Waals surface area contributed by atoms with E-state index in [1.165, 1.54) is 5.57 Å². The molecule has 9 aliphatic rings. The van der Waals surface area contributed by atoms with Gasteiger partial charge in [0, 0.05) is 73.1 Å². The molecule has 0 bridgehead atoms. The van der Waals surface area contributed by atoms with Gasteiger partial charge in [-0.25, -0.2) is 0 Å². The molecule has 0 radical (unpaired) electrons. The van der Waals surface area contributed by atoms with Crippen molar-refractivity contribution in [2.24, 2.45) is 40.5 Å². The molecular formula is C48H68N4O6S3. The highest BCUT2D eigenvalue weighted by Crippen LogP contribution is 2.45. The Kier molecular flexibility index (Phi) is 13.6. The molecule has 0 aromatic carbocycles. The molecule has 0 aromatic rings. The Bertz CT molecular complexity index is 1850. The lowest BCUT2D eigenvalue weighted by Gasteiger charge is -2.37. The van der Waals surface area contributed by atoms with Crippen LogP contribution in [0.1, 0.15) is 90.9 Å². The number of allylic oxidation sites excluding steroid dienone is 5. The van der Waals surface area contributed by atoms with Gasteiger partial charge in [0.1, 0.15) is 29.6 Å². The number of fused-ring (bicyclic) bond motifs is 8. The zero-order chi connectivity index (χ0) is 42.3. The van der Waals surface area contributed by atoms with Crippen LogP contribution in [-0.4, -0.2) is 121 Å². The van der Waals surface area contributed by atoms with Crippen molar-refractivity contribution < 1.29 is 28.5 Å². The summed E-state index contributed by atoms with van der Waals surface area (Å²) in [6.45, 7) is 6.61. The fraction of sp³-hybridized carbons (Fsp3) is 0.729. The Morgan fingerprint density at radius 2 is 1.54 bits per heavy atom. The van der Waals surface area contributed by atoms with Crippen LogP contribution in [0, 0.1) is 35.5 Å². The SMILES string of the molecule is COC1=C(OC[C@@H]2CC(COC3=C(OC)C[C@@H]4C(=O)N5[C@H](C=N[C@@H]4C3)CC3C=CCC[C@H]35)=C[C@H](CSCC(C)(C)SSC)C2)C[C@@H]2NC[C@@H]3C[C@@H]4C=CCCC4N3C(=O)[C@@H]2C1. The molecule has 2 unspecified atom stereocenters. The van der Waals surface area contributed by atoms with E-state index in [2.05, 4.69) is 71.8 Å². The molecule has 334 valence electrons. The van der Waals surface area contributed by atoms with Gasteiger partial charge in [0.05, 0.1) is 44.7 Å². The van der Waals surface area contributed by atoms with Crippen LogP contribution in [0.4, 0.5) is 0 Å². The number of amides is 2. The van der Waals surface area contributed by atoms with Gasteiger partial charge >= 0.3 is 0 Å². The van der Waals surface area contributed by atoms with Crippen LogP contribution in [0.5, 0.6) is 0 Å². The van der Waals surface area contributed by atoms with Crippen molar-refractivity contribution in [2.75, 3.05) is 51.7 Å². The summed E-state index contributed by atoms with van der Waals surface area (Å²) in [4.78, 5) is 37.9. The predicted octanol–water partition coefficient (Wildman–Crippen LogP) is 8.33. The van der Waals surface area contributed by atoms with Crippen LogP contribution in [-0.2, 0) is 28.5 Å². The fourth-order valence-corrected chi connectivity index (χ4v) is 16.1. The number of nitrogens with zero attached hydrogens (tertiary/aromatic N) is 3. The van der Waals surface area contributed by atoms with Crippen LogP contribution < -0.4 is 5.32 Å². The van der Waals surface area contributed by atoms with Crippen molar-refractivity contribution in [3.8, 4) is 0 Å². The van der Waals surface area contributed by atoms with E-state index in [-0.39, 0.29) is 52.7 Å². The molecular weight excluding hydrogens is 825 g/mol. The summed E-state index contributed by atoms with van der Waals surface area (Å²) in [5.41, 5.74) is 1.29. The highest BCUT2D eigenvalue weighted by atomic mass is 33.1. The number of ether oxygens (including phenoxy) is 4. The second-order valence-corrected chi connectivity index (χ2v) is 23.8. The molecule has 4 aliphatic heterocycles.